The lowest BCUT2D eigenvalue weighted by Crippen LogP contribution is -2.44. The Labute approximate surface area is 181 Å². The number of fused-ring (bicyclic) bond motifs is 2. The molecule has 0 aromatic heterocycles. The maximum absolute atomic E-state index is 13.9. The predicted octanol–water partition coefficient (Wildman–Crippen LogP) is 4.17. The minimum atomic E-state index is -4.10. The monoisotopic (exact) mass is 439 g/mol. The van der Waals surface area contributed by atoms with Gasteiger partial charge in [-0.2, -0.15) is 8.42 Å². The van der Waals surface area contributed by atoms with E-state index in [1.165, 1.54) is 12.1 Å². The average molecular weight is 440 g/mol. The molecule has 162 valence electrons. The van der Waals surface area contributed by atoms with Crippen molar-refractivity contribution in [3.8, 4) is 0 Å². The molecule has 1 heterocycles. The van der Waals surface area contributed by atoms with Gasteiger partial charge in [-0.25, -0.2) is 0 Å². The van der Waals surface area contributed by atoms with Crippen LogP contribution in [0.5, 0.6) is 0 Å². The summed E-state index contributed by atoms with van der Waals surface area (Å²) in [5, 5.41) is 14.0. The number of nitrogens with one attached hydrogen (secondary N) is 1. The zero-order valence-electron chi connectivity index (χ0n) is 17.5. The molecule has 0 atom stereocenters. The second-order valence-electron chi connectivity index (χ2n) is 7.98. The predicted molar refractivity (Wildman–Crippen MR) is 122 cm³/mol. The van der Waals surface area contributed by atoms with Crippen molar-refractivity contribution in [1.82, 2.24) is 0 Å². The third kappa shape index (κ3) is 3.22. The maximum Gasteiger partial charge on any atom is 0.286 e. The lowest BCUT2D eigenvalue weighted by atomic mass is 9.63. The van der Waals surface area contributed by atoms with Gasteiger partial charge >= 0.3 is 0 Å². The molecule has 2 aliphatic rings. The molecule has 8 heteroatoms. The zero-order chi connectivity index (χ0) is 22.4. The smallest absolute Gasteiger partial charge is 0.286 e. The lowest BCUT2D eigenvalue weighted by molar-refractivity contribution is -0.121. The number of aliphatic hydroxyl groups is 1. The second-order valence-corrected chi connectivity index (χ2v) is 9.55. The summed E-state index contributed by atoms with van der Waals surface area (Å²) in [6, 6.07) is 11.7. The van der Waals surface area contributed by atoms with Crippen molar-refractivity contribution >= 4 is 38.8 Å². The van der Waals surface area contributed by atoms with Gasteiger partial charge in [0, 0.05) is 11.3 Å². The Hall–Kier alpha value is -3.13. The Kier molecular flexibility index (Phi) is 5.13. The number of carbonyl (C=O) groups is 1. The number of hydrogen-bond donors (Lipinski definition) is 3. The SMILES string of the molecule is CCCC1(CCC)C(=O)C(C2=NS(=O)(=O)c3cc(N)ccc3N2)=C(O)c2ccccc21. The molecule has 2 aromatic rings. The van der Waals surface area contributed by atoms with Gasteiger partial charge in [-0.1, -0.05) is 51.0 Å². The number of amidine groups is 1. The number of anilines is 2. The van der Waals surface area contributed by atoms with Gasteiger partial charge < -0.3 is 16.2 Å². The number of nitrogens with zero attached hydrogens (tertiary/aromatic N) is 1. The van der Waals surface area contributed by atoms with E-state index in [4.69, 9.17) is 5.73 Å². The largest absolute Gasteiger partial charge is 0.506 e. The van der Waals surface area contributed by atoms with Gasteiger partial charge in [0.25, 0.3) is 10.0 Å². The molecule has 2 aromatic carbocycles. The summed E-state index contributed by atoms with van der Waals surface area (Å²) in [4.78, 5) is 13.9. The summed E-state index contributed by atoms with van der Waals surface area (Å²) in [5.74, 6) is -0.734. The third-order valence-electron chi connectivity index (χ3n) is 5.93. The maximum atomic E-state index is 13.9. The van der Waals surface area contributed by atoms with Gasteiger partial charge in [0.05, 0.1) is 11.1 Å². The first kappa shape index (κ1) is 21.1. The van der Waals surface area contributed by atoms with Gasteiger partial charge in [0.15, 0.2) is 11.6 Å². The van der Waals surface area contributed by atoms with Crippen molar-refractivity contribution in [3.63, 3.8) is 0 Å². The van der Waals surface area contributed by atoms with Crippen LogP contribution in [0.25, 0.3) is 5.76 Å². The van der Waals surface area contributed by atoms with E-state index in [9.17, 15) is 18.3 Å². The van der Waals surface area contributed by atoms with Crippen LogP contribution in [0.4, 0.5) is 11.4 Å². The number of rotatable bonds is 5. The van der Waals surface area contributed by atoms with Crippen LogP contribution in [0.1, 0.15) is 50.7 Å². The van der Waals surface area contributed by atoms with E-state index in [0.29, 0.717) is 18.4 Å². The fourth-order valence-corrected chi connectivity index (χ4v) is 5.85. The van der Waals surface area contributed by atoms with Crippen LogP contribution in [-0.4, -0.2) is 25.1 Å². The number of ketones is 1. The van der Waals surface area contributed by atoms with Crippen LogP contribution < -0.4 is 11.1 Å². The quantitative estimate of drug-likeness (QED) is 0.601. The number of aliphatic hydroxyl groups excluding tert-OH is 1. The molecule has 31 heavy (non-hydrogen) atoms. The fourth-order valence-electron chi connectivity index (χ4n) is 4.69. The first-order valence-electron chi connectivity index (χ1n) is 10.3. The molecule has 4 N–H and O–H groups in total. The number of nitrogen functional groups attached to an aromatic ring is 1. The number of Topliss-reactive ketones (excluding diaryl/α,β-unsaturated/α-hetero) is 1. The van der Waals surface area contributed by atoms with Crippen molar-refractivity contribution in [2.24, 2.45) is 4.40 Å². The second kappa shape index (κ2) is 7.53. The minimum Gasteiger partial charge on any atom is -0.506 e. The summed E-state index contributed by atoms with van der Waals surface area (Å²) < 4.78 is 29.6. The molecule has 0 saturated carbocycles. The van der Waals surface area contributed by atoms with E-state index in [1.54, 1.807) is 18.2 Å². The first-order chi connectivity index (χ1) is 14.7. The molecular weight excluding hydrogens is 414 g/mol. The van der Waals surface area contributed by atoms with Gasteiger partial charge in [-0.15, -0.1) is 4.40 Å². The standard InChI is InChI=1S/C23H25N3O4S/c1-3-11-23(12-4-2)16-8-6-5-7-15(16)20(27)19(21(23)28)22-25-17-10-9-14(24)13-18(17)31(29,30)26-22/h5-10,13,27H,3-4,11-12,24H2,1-2H3,(H,25,26). The normalized spacial score (nSPS) is 18.6. The summed E-state index contributed by atoms with van der Waals surface area (Å²) >= 11 is 0. The molecule has 0 radical (unpaired) electrons. The minimum absolute atomic E-state index is 0.0617. The van der Waals surface area contributed by atoms with Crippen molar-refractivity contribution in [2.45, 2.75) is 49.8 Å². The summed E-state index contributed by atoms with van der Waals surface area (Å²) in [6.07, 6.45) is 2.68. The number of sulfonamides is 1. The van der Waals surface area contributed by atoms with Crippen molar-refractivity contribution in [1.29, 1.82) is 0 Å². The number of nitrogens with two attached hydrogens (primary N) is 1. The Balaban J connectivity index is 1.96. The molecule has 0 bridgehead atoms. The van der Waals surface area contributed by atoms with Crippen LogP contribution >= 0.6 is 0 Å². The highest BCUT2D eigenvalue weighted by Gasteiger charge is 2.48. The summed E-state index contributed by atoms with van der Waals surface area (Å²) in [6.45, 7) is 4.01. The topological polar surface area (TPSA) is 122 Å². The van der Waals surface area contributed by atoms with E-state index >= 15 is 0 Å². The Morgan fingerprint density at radius 3 is 2.45 bits per heavy atom. The number of carbonyl (C=O) groups excluding carboxylic acids is 1. The van der Waals surface area contributed by atoms with Crippen LogP contribution in [0.3, 0.4) is 0 Å². The van der Waals surface area contributed by atoms with Gasteiger partial charge in [-0.3, -0.25) is 4.79 Å². The molecule has 7 nitrogen and oxygen atoms in total. The molecular formula is C23H25N3O4S. The van der Waals surface area contributed by atoms with Crippen LogP contribution in [0.2, 0.25) is 0 Å². The molecule has 0 fully saturated rings. The molecule has 0 saturated heterocycles. The Bertz CT molecular complexity index is 1240. The van der Waals surface area contributed by atoms with Gasteiger partial charge in [-0.05, 0) is 36.6 Å². The third-order valence-corrected chi connectivity index (χ3v) is 7.25. The fraction of sp³-hybridized carbons (Fsp3) is 0.304. The molecule has 4 rings (SSSR count). The molecule has 1 aliphatic heterocycles. The number of benzene rings is 2. The zero-order valence-corrected chi connectivity index (χ0v) is 18.3. The van der Waals surface area contributed by atoms with E-state index < -0.39 is 15.4 Å². The first-order valence-corrected chi connectivity index (χ1v) is 11.8. The van der Waals surface area contributed by atoms with Crippen LogP contribution in [-0.2, 0) is 20.2 Å². The summed E-state index contributed by atoms with van der Waals surface area (Å²) in [5.41, 5.74) is 6.66. The lowest BCUT2D eigenvalue weighted by Gasteiger charge is -2.39. The van der Waals surface area contributed by atoms with E-state index in [1.807, 2.05) is 26.0 Å². The van der Waals surface area contributed by atoms with Crippen molar-refractivity contribution < 1.29 is 18.3 Å². The van der Waals surface area contributed by atoms with Crippen LogP contribution in [0, 0.1) is 0 Å². The van der Waals surface area contributed by atoms with Gasteiger partial charge in [0.2, 0.25) is 0 Å². The Morgan fingerprint density at radius 2 is 1.77 bits per heavy atom. The highest BCUT2D eigenvalue weighted by Crippen LogP contribution is 2.46. The average Bonchev–Trinajstić information content (AvgIpc) is 2.73. The number of hydrogen-bond acceptors (Lipinski definition) is 6. The highest BCUT2D eigenvalue weighted by atomic mass is 32.2. The van der Waals surface area contributed by atoms with Crippen molar-refractivity contribution in [3.05, 3.63) is 59.2 Å². The highest BCUT2D eigenvalue weighted by molar-refractivity contribution is 7.90. The molecule has 0 unspecified atom stereocenters. The Morgan fingerprint density at radius 1 is 1.10 bits per heavy atom. The van der Waals surface area contributed by atoms with E-state index in [-0.39, 0.29) is 39.2 Å². The van der Waals surface area contributed by atoms with Crippen molar-refractivity contribution in [2.75, 3.05) is 11.1 Å². The van der Waals surface area contributed by atoms with Gasteiger partial charge in [0.1, 0.15) is 16.2 Å². The molecule has 0 spiro atoms. The van der Waals surface area contributed by atoms with E-state index in [2.05, 4.69) is 9.71 Å². The summed E-state index contributed by atoms with van der Waals surface area (Å²) in [7, 11) is -4.10. The van der Waals surface area contributed by atoms with E-state index in [0.717, 1.165) is 18.4 Å². The molecule has 0 amide bonds. The molecule has 1 aliphatic carbocycles. The van der Waals surface area contributed by atoms with Crippen LogP contribution in [0.15, 0.2) is 57.3 Å².